The summed E-state index contributed by atoms with van der Waals surface area (Å²) in [6.07, 6.45) is 3.17. The molecule has 0 unspecified atom stereocenters. The fraction of sp³-hybridized carbons (Fsp3) is 0.300. The lowest BCUT2D eigenvalue weighted by Crippen LogP contribution is -2.43. The first-order valence-electron chi connectivity index (χ1n) is 9.61. The van der Waals surface area contributed by atoms with Gasteiger partial charge in [0.05, 0.1) is 18.8 Å². The first kappa shape index (κ1) is 23.6. The summed E-state index contributed by atoms with van der Waals surface area (Å²) in [6, 6.07) is 9.81. The van der Waals surface area contributed by atoms with Gasteiger partial charge in [-0.25, -0.2) is 11.8 Å². The van der Waals surface area contributed by atoms with Gasteiger partial charge < -0.3 is 28.8 Å². The second kappa shape index (κ2) is 11.5. The minimum absolute atomic E-state index is 0.168. The number of hydrogen-bond acceptors (Lipinski definition) is 12. The van der Waals surface area contributed by atoms with Gasteiger partial charge in [-0.1, -0.05) is 18.2 Å². The van der Waals surface area contributed by atoms with Crippen LogP contribution in [0.5, 0.6) is 17.2 Å². The van der Waals surface area contributed by atoms with E-state index in [1.165, 1.54) is 6.07 Å². The van der Waals surface area contributed by atoms with Gasteiger partial charge in [-0.05, 0) is 40.6 Å². The normalized spacial score (nSPS) is 20.8. The monoisotopic (exact) mass is 447 g/mol. The van der Waals surface area contributed by atoms with E-state index < -0.39 is 6.29 Å². The van der Waals surface area contributed by atoms with Crippen molar-refractivity contribution in [1.29, 1.82) is 0 Å². The Balaban J connectivity index is 1.74. The number of hydrogen-bond donors (Lipinski definition) is 4. The maximum absolute atomic E-state index is 10.8. The zero-order chi connectivity index (χ0) is 22.9. The summed E-state index contributed by atoms with van der Waals surface area (Å²) in [5.41, 5.74) is 1.60. The van der Waals surface area contributed by atoms with Gasteiger partial charge in [-0.2, -0.15) is 11.8 Å². The molecule has 0 spiro atoms. The summed E-state index contributed by atoms with van der Waals surface area (Å²) in [7, 11) is 0. The van der Waals surface area contributed by atoms with Gasteiger partial charge in [0.2, 0.25) is 6.29 Å². The van der Waals surface area contributed by atoms with Gasteiger partial charge in [-0.15, -0.1) is 4.91 Å². The predicted octanol–water partition coefficient (Wildman–Crippen LogP) is 1.79. The Hall–Kier alpha value is -3.10. The highest BCUT2D eigenvalue weighted by atomic mass is 16.7. The smallest absolute Gasteiger partial charge is 0.202 e. The zero-order valence-electron chi connectivity index (χ0n) is 17.1. The van der Waals surface area contributed by atoms with E-state index >= 15 is 0 Å². The summed E-state index contributed by atoms with van der Waals surface area (Å²) in [5, 5.41) is 2.90. The highest BCUT2D eigenvalue weighted by Gasteiger charge is 2.32. The third-order valence-electron chi connectivity index (χ3n) is 4.78. The van der Waals surface area contributed by atoms with Crippen molar-refractivity contribution in [2.75, 3.05) is 6.61 Å². The molecule has 3 atom stereocenters. The average Bonchev–Trinajstić information content (AvgIpc) is 2.83. The molecule has 0 aliphatic carbocycles. The lowest BCUT2D eigenvalue weighted by molar-refractivity contribution is -0.199. The molecule has 1 saturated heterocycles. The second-order valence-corrected chi connectivity index (χ2v) is 7.00. The van der Waals surface area contributed by atoms with Gasteiger partial charge in [0.1, 0.15) is 11.4 Å². The Morgan fingerprint density at radius 3 is 2.47 bits per heavy atom. The molecule has 3 rings (SSSR count). The van der Waals surface area contributed by atoms with E-state index in [2.05, 4.69) is 14.9 Å². The number of nitroso groups, excluding NO2 is 1. The van der Waals surface area contributed by atoms with Crippen molar-refractivity contribution in [3.8, 4) is 17.2 Å². The number of benzene rings is 2. The van der Waals surface area contributed by atoms with Crippen molar-refractivity contribution in [3.05, 3.63) is 52.4 Å². The van der Waals surface area contributed by atoms with Gasteiger partial charge in [0.25, 0.3) is 0 Å². The zero-order valence-corrected chi connectivity index (χ0v) is 17.1. The Bertz CT molecular complexity index is 943. The van der Waals surface area contributed by atoms with Gasteiger partial charge >= 0.3 is 0 Å². The lowest BCUT2D eigenvalue weighted by Gasteiger charge is -2.33. The van der Waals surface area contributed by atoms with Gasteiger partial charge in [-0.3, -0.25) is 0 Å². The molecule has 2 aromatic rings. The van der Waals surface area contributed by atoms with Crippen LogP contribution in [0.15, 0.2) is 41.6 Å². The van der Waals surface area contributed by atoms with Crippen LogP contribution in [0.25, 0.3) is 12.2 Å². The third kappa shape index (κ3) is 6.21. The summed E-state index contributed by atoms with van der Waals surface area (Å²) in [4.78, 5) is 30.1. The summed E-state index contributed by atoms with van der Waals surface area (Å²) in [6.45, 7) is 0.168. The number of nitrogens with two attached hydrogens (primary N) is 4. The molecule has 0 aromatic heterocycles. The molecule has 12 nitrogen and oxygen atoms in total. The summed E-state index contributed by atoms with van der Waals surface area (Å²) < 4.78 is 11.7. The first-order valence-corrected chi connectivity index (χ1v) is 9.61. The van der Waals surface area contributed by atoms with Crippen LogP contribution in [0, 0.1) is 4.91 Å². The standard InChI is InChI=1S/C20H25N5O7/c21-27-11-17-9-16(31-23)10-20(28-17)29-18-4-3-12(7-19(18)32-24)1-2-13-5-14(25-26)8-15(6-13)30-22/h1-8,16-17,20H,9-11,21-24H2/b2-1+/t16-,17-,20-/m0/s1. The second-order valence-electron chi connectivity index (χ2n) is 7.00. The van der Waals surface area contributed by atoms with Crippen molar-refractivity contribution >= 4 is 17.8 Å². The molecule has 12 heteroatoms. The lowest BCUT2D eigenvalue weighted by atomic mass is 10.1. The maximum Gasteiger partial charge on any atom is 0.202 e. The molecule has 0 amide bonds. The molecule has 0 radical (unpaired) electrons. The van der Waals surface area contributed by atoms with E-state index in [1.54, 1.807) is 42.5 Å². The minimum atomic E-state index is -0.666. The molecule has 1 fully saturated rings. The summed E-state index contributed by atoms with van der Waals surface area (Å²) >= 11 is 0. The molecule has 1 aliphatic rings. The van der Waals surface area contributed by atoms with Crippen LogP contribution < -0.4 is 38.0 Å². The van der Waals surface area contributed by atoms with Crippen molar-refractivity contribution in [2.24, 2.45) is 28.8 Å². The molecule has 8 N–H and O–H groups in total. The van der Waals surface area contributed by atoms with E-state index in [4.69, 9.17) is 42.7 Å². The van der Waals surface area contributed by atoms with E-state index in [0.29, 0.717) is 29.9 Å². The van der Waals surface area contributed by atoms with Crippen LogP contribution in [-0.2, 0) is 14.4 Å². The van der Waals surface area contributed by atoms with Crippen molar-refractivity contribution < 1.29 is 28.8 Å². The Kier molecular flexibility index (Phi) is 8.47. The number of nitrogens with zero attached hydrogens (tertiary/aromatic N) is 1. The van der Waals surface area contributed by atoms with Crippen LogP contribution in [-0.4, -0.2) is 25.1 Å². The number of rotatable bonds is 10. The van der Waals surface area contributed by atoms with Crippen LogP contribution >= 0.6 is 0 Å². The summed E-state index contributed by atoms with van der Waals surface area (Å²) in [5.74, 6) is 22.0. The molecule has 32 heavy (non-hydrogen) atoms. The fourth-order valence-corrected chi connectivity index (χ4v) is 3.31. The minimum Gasteiger partial charge on any atom is -0.461 e. The predicted molar refractivity (Wildman–Crippen MR) is 115 cm³/mol. The van der Waals surface area contributed by atoms with E-state index in [1.807, 2.05) is 0 Å². The SMILES string of the molecule is NOC[C@@H]1C[C@H](ON)C[C@H](Oc2ccc(/C=C/c3cc(N=O)cc(ON)c3)cc2ON)O1. The highest BCUT2D eigenvalue weighted by molar-refractivity contribution is 5.73. The Morgan fingerprint density at radius 2 is 1.78 bits per heavy atom. The maximum atomic E-state index is 10.8. The Labute approximate surface area is 183 Å². The van der Waals surface area contributed by atoms with Gasteiger partial charge in [0.15, 0.2) is 11.5 Å². The van der Waals surface area contributed by atoms with E-state index in [-0.39, 0.29) is 30.3 Å². The van der Waals surface area contributed by atoms with Crippen LogP contribution in [0.2, 0.25) is 0 Å². The Morgan fingerprint density at radius 1 is 0.969 bits per heavy atom. The molecule has 2 aromatic carbocycles. The molecule has 0 saturated carbocycles. The molecule has 0 bridgehead atoms. The fourth-order valence-electron chi connectivity index (χ4n) is 3.31. The molecule has 1 heterocycles. The largest absolute Gasteiger partial charge is 0.461 e. The van der Waals surface area contributed by atoms with Crippen LogP contribution in [0.3, 0.4) is 0 Å². The van der Waals surface area contributed by atoms with Gasteiger partial charge in [0, 0.05) is 18.9 Å². The molecular formula is C20H25N5O7. The molecule has 1 aliphatic heterocycles. The van der Waals surface area contributed by atoms with Crippen molar-refractivity contribution in [1.82, 2.24) is 0 Å². The molecule has 172 valence electrons. The van der Waals surface area contributed by atoms with Crippen molar-refractivity contribution in [3.63, 3.8) is 0 Å². The van der Waals surface area contributed by atoms with E-state index in [0.717, 1.165) is 5.56 Å². The van der Waals surface area contributed by atoms with Crippen molar-refractivity contribution in [2.45, 2.75) is 31.3 Å². The number of ether oxygens (including phenoxy) is 2. The first-order chi connectivity index (χ1) is 15.6. The van der Waals surface area contributed by atoms with E-state index in [9.17, 15) is 4.91 Å². The quantitative estimate of drug-likeness (QED) is 0.236. The highest BCUT2D eigenvalue weighted by Crippen LogP contribution is 2.32. The third-order valence-corrected chi connectivity index (χ3v) is 4.78. The topological polar surface area (TPSA) is 189 Å². The van der Waals surface area contributed by atoms with Crippen LogP contribution in [0.4, 0.5) is 5.69 Å². The van der Waals surface area contributed by atoms with Crippen LogP contribution in [0.1, 0.15) is 24.0 Å². The average molecular weight is 447 g/mol. The molecular weight excluding hydrogens is 422 g/mol.